The summed E-state index contributed by atoms with van der Waals surface area (Å²) in [5.74, 6) is 0.741. The second-order valence-electron chi connectivity index (χ2n) is 6.58. The van der Waals surface area contributed by atoms with Crippen LogP contribution in [-0.4, -0.2) is 80.2 Å². The van der Waals surface area contributed by atoms with Gasteiger partial charge in [0.25, 0.3) is 0 Å². The predicted octanol–water partition coefficient (Wildman–Crippen LogP) is -2.30. The number of hydrogen-bond donors (Lipinski definition) is 1. The number of alkyl halides is 1. The molecule has 0 saturated carbocycles. The van der Waals surface area contributed by atoms with E-state index < -0.39 is 0 Å². The van der Waals surface area contributed by atoms with E-state index >= 15 is 0 Å². The molecule has 2 aliphatic rings. The summed E-state index contributed by atoms with van der Waals surface area (Å²) in [6.45, 7) is 8.77. The summed E-state index contributed by atoms with van der Waals surface area (Å²) in [5, 5.41) is 2.18. The molecule has 176 valence electrons. The zero-order valence-corrected chi connectivity index (χ0v) is 19.6. The lowest BCUT2D eigenvalue weighted by atomic mass is 10.1. The van der Waals surface area contributed by atoms with E-state index in [9.17, 15) is 19.2 Å². The van der Waals surface area contributed by atoms with Crippen molar-refractivity contribution in [1.29, 1.82) is 0 Å². The number of quaternary nitrogens is 1. The highest BCUT2D eigenvalue weighted by Gasteiger charge is 2.16. The minimum Gasteiger partial charge on any atom is -1.00 e. The van der Waals surface area contributed by atoms with Crippen LogP contribution >= 0.6 is 11.6 Å². The molecule has 0 atom stereocenters. The molecule has 2 aliphatic heterocycles. The maximum absolute atomic E-state index is 11.0. The number of Topliss-reactive ketones (excluding diaryl/α,β-unsaturated/α-hetero) is 2. The van der Waals surface area contributed by atoms with Crippen LogP contribution in [0.4, 0.5) is 0 Å². The van der Waals surface area contributed by atoms with Gasteiger partial charge >= 0.3 is 11.9 Å². The molecule has 0 amide bonds. The largest absolute Gasteiger partial charge is 1.00 e. The Balaban J connectivity index is 0. The van der Waals surface area contributed by atoms with Crippen LogP contribution in [0.15, 0.2) is 0 Å². The number of carbonyl (C=O) groups is 4. The fraction of sp³-hybridized carbons (Fsp3) is 0.800. The molecule has 10 heteroatoms. The Morgan fingerprint density at radius 2 is 1.37 bits per heavy atom. The lowest BCUT2D eigenvalue weighted by Crippen LogP contribution is -3.00. The van der Waals surface area contributed by atoms with Gasteiger partial charge in [-0.25, -0.2) is 0 Å². The Hall–Kier alpha value is -1.22. The topological polar surface area (TPSA) is 107 Å². The molecule has 30 heavy (non-hydrogen) atoms. The molecule has 8 nitrogen and oxygen atoms in total. The van der Waals surface area contributed by atoms with Gasteiger partial charge in [0.2, 0.25) is 0 Å². The van der Waals surface area contributed by atoms with Crippen LogP contribution in [0.3, 0.4) is 0 Å². The van der Waals surface area contributed by atoms with Crippen molar-refractivity contribution in [3.8, 4) is 0 Å². The molecule has 0 spiro atoms. The van der Waals surface area contributed by atoms with Crippen LogP contribution in [0.1, 0.15) is 52.4 Å². The first-order chi connectivity index (χ1) is 13.9. The standard InChI is InChI=1S/C10H17NO3.C5H9ClO2.C5H9NO.ClH/c1-2-14-10(13)5-8-11-6-3-9(12)4-7-11;1-2-8-5(7)3-4-6;7-5-1-3-6-4-2-5;/h2-8H2,1H3;2-4H2,1H3;6H,1-4H2;1H. The SMILES string of the molecule is CCOC(=O)CCCl.CCOC(=O)CCN1CCC(=O)CC1.O=C1CC[NH2+]CC1.[Cl-]. The lowest BCUT2D eigenvalue weighted by molar-refractivity contribution is -0.656. The van der Waals surface area contributed by atoms with Gasteiger partial charge in [-0.2, -0.15) is 0 Å². The monoisotopic (exact) mass is 470 g/mol. The maximum Gasteiger partial charge on any atom is 0.307 e. The summed E-state index contributed by atoms with van der Waals surface area (Å²) in [4.78, 5) is 44.9. The fourth-order valence-corrected chi connectivity index (χ4v) is 2.77. The van der Waals surface area contributed by atoms with E-state index in [4.69, 9.17) is 16.3 Å². The number of ether oxygens (including phenoxy) is 2. The van der Waals surface area contributed by atoms with Crippen LogP contribution in [0.2, 0.25) is 0 Å². The summed E-state index contributed by atoms with van der Waals surface area (Å²) in [5.41, 5.74) is 0. The number of halogens is 2. The van der Waals surface area contributed by atoms with Crippen molar-refractivity contribution in [2.75, 3.05) is 51.8 Å². The first kappa shape index (κ1) is 31.0. The van der Waals surface area contributed by atoms with Crippen LogP contribution < -0.4 is 17.7 Å². The minimum absolute atomic E-state index is 0. The van der Waals surface area contributed by atoms with E-state index in [1.54, 1.807) is 13.8 Å². The summed E-state index contributed by atoms with van der Waals surface area (Å²) < 4.78 is 9.38. The quantitative estimate of drug-likeness (QED) is 0.329. The number of piperidine rings is 2. The molecule has 0 radical (unpaired) electrons. The first-order valence-corrected chi connectivity index (χ1v) is 10.9. The second-order valence-corrected chi connectivity index (χ2v) is 6.96. The Morgan fingerprint density at radius 1 is 0.900 bits per heavy atom. The van der Waals surface area contributed by atoms with Gasteiger partial charge in [-0.05, 0) is 13.8 Å². The third-order valence-corrected chi connectivity index (χ3v) is 4.40. The van der Waals surface area contributed by atoms with Crippen LogP contribution in [0.25, 0.3) is 0 Å². The number of nitrogens with two attached hydrogens (primary N) is 1. The second kappa shape index (κ2) is 21.0. The molecule has 0 aliphatic carbocycles. The number of ketones is 2. The summed E-state index contributed by atoms with van der Waals surface area (Å²) >= 11 is 5.23. The summed E-state index contributed by atoms with van der Waals surface area (Å²) in [7, 11) is 0. The zero-order chi connectivity index (χ0) is 21.9. The molecule has 0 aromatic heterocycles. The Kier molecular flexibility index (Phi) is 21.7. The predicted molar refractivity (Wildman–Crippen MR) is 110 cm³/mol. The van der Waals surface area contributed by atoms with Gasteiger partial charge in [-0.3, -0.25) is 19.2 Å². The number of nitrogens with zero attached hydrogens (tertiary/aromatic N) is 1. The fourth-order valence-electron chi connectivity index (χ4n) is 2.61. The van der Waals surface area contributed by atoms with Gasteiger partial charge in [0.15, 0.2) is 0 Å². The molecule has 2 heterocycles. The van der Waals surface area contributed by atoms with Crippen molar-refractivity contribution in [1.82, 2.24) is 4.90 Å². The van der Waals surface area contributed by atoms with E-state index in [0.717, 1.165) is 39.0 Å². The van der Waals surface area contributed by atoms with E-state index in [2.05, 4.69) is 15.0 Å². The molecular weight excluding hydrogens is 435 g/mol. The Labute approximate surface area is 190 Å². The lowest BCUT2D eigenvalue weighted by Gasteiger charge is -2.25. The minimum atomic E-state index is -0.220. The van der Waals surface area contributed by atoms with E-state index in [0.29, 0.717) is 62.9 Å². The smallest absolute Gasteiger partial charge is 0.307 e. The van der Waals surface area contributed by atoms with Crippen LogP contribution in [-0.2, 0) is 28.7 Å². The van der Waals surface area contributed by atoms with Crippen LogP contribution in [0.5, 0.6) is 0 Å². The number of likely N-dealkylation sites (tertiary alicyclic amines) is 1. The number of hydrogen-bond acceptors (Lipinski definition) is 7. The van der Waals surface area contributed by atoms with Gasteiger partial charge in [-0.15, -0.1) is 11.6 Å². The van der Waals surface area contributed by atoms with Gasteiger partial charge in [-0.1, -0.05) is 0 Å². The average molecular weight is 471 g/mol. The summed E-state index contributed by atoms with van der Waals surface area (Å²) in [6, 6.07) is 0. The normalized spacial score (nSPS) is 16.1. The molecule has 2 rings (SSSR count). The molecule has 2 fully saturated rings. The summed E-state index contributed by atoms with van der Waals surface area (Å²) in [6.07, 6.45) is 3.59. The van der Waals surface area contributed by atoms with Crippen molar-refractivity contribution in [2.45, 2.75) is 52.4 Å². The highest BCUT2D eigenvalue weighted by Crippen LogP contribution is 2.06. The van der Waals surface area contributed by atoms with E-state index in [1.165, 1.54) is 0 Å². The van der Waals surface area contributed by atoms with Crippen molar-refractivity contribution >= 4 is 35.1 Å². The van der Waals surface area contributed by atoms with Crippen LogP contribution in [0, 0.1) is 0 Å². The number of rotatable bonds is 7. The van der Waals surface area contributed by atoms with Crippen molar-refractivity contribution in [3.63, 3.8) is 0 Å². The van der Waals surface area contributed by atoms with Crippen molar-refractivity contribution in [3.05, 3.63) is 0 Å². The Bertz CT molecular complexity index is 480. The van der Waals surface area contributed by atoms with Gasteiger partial charge < -0.3 is 32.1 Å². The first-order valence-electron chi connectivity index (χ1n) is 10.4. The molecule has 2 N–H and O–H groups in total. The van der Waals surface area contributed by atoms with Crippen molar-refractivity contribution < 1.29 is 46.4 Å². The van der Waals surface area contributed by atoms with E-state index in [1.807, 2.05) is 0 Å². The number of carbonyl (C=O) groups excluding carboxylic acids is 4. The molecular formula is C20H36Cl2N2O6. The Morgan fingerprint density at radius 3 is 1.77 bits per heavy atom. The third kappa shape index (κ3) is 18.8. The number of esters is 2. The molecule has 0 aromatic carbocycles. The van der Waals surface area contributed by atoms with Gasteiger partial charge in [0.1, 0.15) is 11.6 Å². The molecule has 0 unspecified atom stereocenters. The van der Waals surface area contributed by atoms with Gasteiger partial charge in [0, 0.05) is 38.4 Å². The zero-order valence-electron chi connectivity index (χ0n) is 18.1. The highest BCUT2D eigenvalue weighted by molar-refractivity contribution is 6.18. The third-order valence-electron chi connectivity index (χ3n) is 4.21. The average Bonchev–Trinajstić information content (AvgIpc) is 2.70. The molecule has 0 aromatic rings. The van der Waals surface area contributed by atoms with Crippen molar-refractivity contribution in [2.24, 2.45) is 0 Å². The molecule has 2 saturated heterocycles. The van der Waals surface area contributed by atoms with E-state index in [-0.39, 0.29) is 24.3 Å². The highest BCUT2D eigenvalue weighted by atomic mass is 35.5. The van der Waals surface area contributed by atoms with Gasteiger partial charge in [0.05, 0.1) is 52.0 Å². The maximum atomic E-state index is 11.0. The molecule has 0 bridgehead atoms.